The number of carbonyl (C=O) groups excluding carboxylic acids is 2. The van der Waals surface area contributed by atoms with Gasteiger partial charge in [0.25, 0.3) is 0 Å². The van der Waals surface area contributed by atoms with E-state index in [0.717, 1.165) is 24.2 Å². The summed E-state index contributed by atoms with van der Waals surface area (Å²) >= 11 is 0. The van der Waals surface area contributed by atoms with E-state index in [4.69, 9.17) is 4.74 Å². The summed E-state index contributed by atoms with van der Waals surface area (Å²) in [5, 5.41) is 5.63. The summed E-state index contributed by atoms with van der Waals surface area (Å²) in [6, 6.07) is 22.3. The second kappa shape index (κ2) is 10.1. The molecule has 1 saturated heterocycles. The molecule has 0 atom stereocenters. The molecule has 170 valence electrons. The Labute approximate surface area is 194 Å². The van der Waals surface area contributed by atoms with Gasteiger partial charge < -0.3 is 20.3 Å². The maximum atomic E-state index is 13.2. The number of urea groups is 2. The molecule has 0 unspecified atom stereocenters. The van der Waals surface area contributed by atoms with Crippen molar-refractivity contribution >= 4 is 29.1 Å². The molecule has 0 saturated carbocycles. The first-order valence-corrected chi connectivity index (χ1v) is 11.0. The molecule has 1 heterocycles. The minimum Gasteiger partial charge on any atom is -0.497 e. The Hall–Kier alpha value is -4.00. The van der Waals surface area contributed by atoms with Gasteiger partial charge in [-0.05, 0) is 49.2 Å². The molecule has 0 spiro atoms. The van der Waals surface area contributed by atoms with Crippen molar-refractivity contribution in [3.05, 3.63) is 83.9 Å². The maximum Gasteiger partial charge on any atom is 0.324 e. The van der Waals surface area contributed by atoms with Crippen LogP contribution in [0.3, 0.4) is 0 Å². The lowest BCUT2D eigenvalue weighted by Crippen LogP contribution is -2.49. The predicted octanol–water partition coefficient (Wildman–Crippen LogP) is 5.48. The molecule has 33 heavy (non-hydrogen) atoms. The molecule has 4 amide bonds. The third-order valence-electron chi connectivity index (χ3n) is 5.55. The van der Waals surface area contributed by atoms with Crippen molar-refractivity contribution in [2.45, 2.75) is 19.9 Å². The van der Waals surface area contributed by atoms with Gasteiger partial charge in [-0.2, -0.15) is 0 Å². The minimum atomic E-state index is -0.369. The van der Waals surface area contributed by atoms with Crippen LogP contribution in [0, 0.1) is 6.92 Å². The molecule has 3 aromatic carbocycles. The molecule has 7 heteroatoms. The lowest BCUT2D eigenvalue weighted by atomic mass is 10.1. The van der Waals surface area contributed by atoms with Crippen molar-refractivity contribution in [1.82, 2.24) is 4.90 Å². The van der Waals surface area contributed by atoms with E-state index in [0.29, 0.717) is 30.2 Å². The van der Waals surface area contributed by atoms with Crippen LogP contribution in [0.25, 0.3) is 0 Å². The average molecular weight is 445 g/mol. The van der Waals surface area contributed by atoms with Gasteiger partial charge in [0, 0.05) is 42.8 Å². The summed E-state index contributed by atoms with van der Waals surface area (Å²) in [6.45, 7) is 4.00. The maximum absolute atomic E-state index is 13.2. The quantitative estimate of drug-likeness (QED) is 0.529. The number of carbonyl (C=O) groups is 2. The SMILES string of the molecule is COc1cccc(NC(=O)Nc2cccc(N3CCCN(Cc4ccc(C)cc4)C3=O)c2)c1. The van der Waals surface area contributed by atoms with Gasteiger partial charge in [-0.3, -0.25) is 4.90 Å². The Morgan fingerprint density at radius 3 is 2.36 bits per heavy atom. The first-order chi connectivity index (χ1) is 16.0. The zero-order valence-corrected chi connectivity index (χ0v) is 18.9. The smallest absolute Gasteiger partial charge is 0.324 e. The van der Waals surface area contributed by atoms with Crippen molar-refractivity contribution in [1.29, 1.82) is 0 Å². The molecule has 1 aliphatic heterocycles. The van der Waals surface area contributed by atoms with Gasteiger partial charge in [0.2, 0.25) is 0 Å². The zero-order chi connectivity index (χ0) is 23.2. The molecule has 0 aromatic heterocycles. The van der Waals surface area contributed by atoms with E-state index in [2.05, 4.69) is 41.8 Å². The van der Waals surface area contributed by atoms with Crippen molar-refractivity contribution in [3.63, 3.8) is 0 Å². The fraction of sp³-hybridized carbons (Fsp3) is 0.231. The van der Waals surface area contributed by atoms with Gasteiger partial charge in [0.1, 0.15) is 5.75 Å². The number of anilines is 3. The molecule has 0 bridgehead atoms. The molecule has 7 nitrogen and oxygen atoms in total. The highest BCUT2D eigenvalue weighted by molar-refractivity contribution is 6.00. The third-order valence-corrected chi connectivity index (χ3v) is 5.55. The van der Waals surface area contributed by atoms with E-state index >= 15 is 0 Å². The van der Waals surface area contributed by atoms with Crippen molar-refractivity contribution < 1.29 is 14.3 Å². The molecule has 0 aliphatic carbocycles. The first-order valence-electron chi connectivity index (χ1n) is 11.0. The van der Waals surface area contributed by atoms with Crippen molar-refractivity contribution in [3.8, 4) is 5.75 Å². The summed E-state index contributed by atoms with van der Waals surface area (Å²) in [4.78, 5) is 29.3. The van der Waals surface area contributed by atoms with Gasteiger partial charge >= 0.3 is 12.1 Å². The number of nitrogens with zero attached hydrogens (tertiary/aromatic N) is 2. The Morgan fingerprint density at radius 1 is 0.939 bits per heavy atom. The molecule has 3 aromatic rings. The predicted molar refractivity (Wildman–Crippen MR) is 131 cm³/mol. The molecule has 1 fully saturated rings. The second-order valence-electron chi connectivity index (χ2n) is 8.06. The highest BCUT2D eigenvalue weighted by atomic mass is 16.5. The number of hydrogen-bond acceptors (Lipinski definition) is 3. The van der Waals surface area contributed by atoms with E-state index in [1.807, 2.05) is 29.2 Å². The second-order valence-corrected chi connectivity index (χ2v) is 8.06. The lowest BCUT2D eigenvalue weighted by Gasteiger charge is -2.36. The van der Waals surface area contributed by atoms with Crippen molar-refractivity contribution in [2.75, 3.05) is 35.7 Å². The van der Waals surface area contributed by atoms with E-state index in [1.54, 1.807) is 36.3 Å². The van der Waals surface area contributed by atoms with Gasteiger partial charge in [-0.25, -0.2) is 9.59 Å². The summed E-state index contributed by atoms with van der Waals surface area (Å²) in [5.41, 5.74) is 4.30. The van der Waals surface area contributed by atoms with Crippen LogP contribution in [0.2, 0.25) is 0 Å². The number of nitrogens with one attached hydrogen (secondary N) is 2. The van der Waals surface area contributed by atoms with Crippen LogP contribution < -0.4 is 20.3 Å². The summed E-state index contributed by atoms with van der Waals surface area (Å²) in [5.74, 6) is 0.661. The topological polar surface area (TPSA) is 73.9 Å². The number of benzene rings is 3. The molecule has 2 N–H and O–H groups in total. The van der Waals surface area contributed by atoms with Crippen LogP contribution in [0.15, 0.2) is 72.8 Å². The lowest BCUT2D eigenvalue weighted by molar-refractivity contribution is 0.192. The van der Waals surface area contributed by atoms with Crippen LogP contribution in [-0.4, -0.2) is 37.2 Å². The Bertz CT molecular complexity index is 1130. The number of hydrogen-bond donors (Lipinski definition) is 2. The molecular weight excluding hydrogens is 416 g/mol. The number of aryl methyl sites for hydroxylation is 1. The highest BCUT2D eigenvalue weighted by Gasteiger charge is 2.27. The molecule has 0 radical (unpaired) electrons. The fourth-order valence-corrected chi connectivity index (χ4v) is 3.83. The van der Waals surface area contributed by atoms with E-state index in [1.165, 1.54) is 5.56 Å². The highest BCUT2D eigenvalue weighted by Crippen LogP contribution is 2.25. The number of amides is 4. The number of methoxy groups -OCH3 is 1. The Kier molecular flexibility index (Phi) is 6.78. The normalized spacial score (nSPS) is 13.6. The molecule has 4 rings (SSSR count). The molecule has 1 aliphatic rings. The number of rotatable bonds is 6. The van der Waals surface area contributed by atoms with Crippen LogP contribution in [0.1, 0.15) is 17.5 Å². The first kappa shape index (κ1) is 22.2. The van der Waals surface area contributed by atoms with E-state index in [9.17, 15) is 9.59 Å². The Morgan fingerprint density at radius 2 is 1.64 bits per heavy atom. The van der Waals surface area contributed by atoms with E-state index in [-0.39, 0.29) is 12.1 Å². The van der Waals surface area contributed by atoms with E-state index < -0.39 is 0 Å². The third kappa shape index (κ3) is 5.63. The summed E-state index contributed by atoms with van der Waals surface area (Å²) < 4.78 is 5.19. The zero-order valence-electron chi connectivity index (χ0n) is 18.9. The average Bonchev–Trinajstić information content (AvgIpc) is 2.82. The van der Waals surface area contributed by atoms with Gasteiger partial charge in [0.05, 0.1) is 7.11 Å². The molecular formula is C26H28N4O3. The van der Waals surface area contributed by atoms with Crippen molar-refractivity contribution in [2.24, 2.45) is 0 Å². The largest absolute Gasteiger partial charge is 0.497 e. The standard InChI is InChI=1S/C26H28N4O3/c1-19-10-12-20(13-11-19)18-29-14-5-15-30(26(29)32)23-8-3-6-21(16-23)27-25(31)28-22-7-4-9-24(17-22)33-2/h3-4,6-13,16-17H,5,14-15,18H2,1-2H3,(H2,27,28,31). The number of ether oxygens (including phenoxy) is 1. The van der Waals surface area contributed by atoms with Crippen LogP contribution in [0.4, 0.5) is 26.7 Å². The summed E-state index contributed by atoms with van der Waals surface area (Å²) in [6.07, 6.45) is 0.881. The summed E-state index contributed by atoms with van der Waals surface area (Å²) in [7, 11) is 1.58. The monoisotopic (exact) mass is 444 g/mol. The Balaban J connectivity index is 1.42. The van der Waals surface area contributed by atoms with Gasteiger partial charge in [0.15, 0.2) is 0 Å². The van der Waals surface area contributed by atoms with Gasteiger partial charge in [-0.15, -0.1) is 0 Å². The fourth-order valence-electron chi connectivity index (χ4n) is 3.83. The minimum absolute atomic E-state index is 0.0280. The van der Waals surface area contributed by atoms with Gasteiger partial charge in [-0.1, -0.05) is 42.0 Å². The van der Waals surface area contributed by atoms with Crippen LogP contribution in [0.5, 0.6) is 5.75 Å². The van der Waals surface area contributed by atoms with Crippen LogP contribution >= 0.6 is 0 Å². The van der Waals surface area contributed by atoms with Crippen LogP contribution in [-0.2, 0) is 6.54 Å².